The van der Waals surface area contributed by atoms with Crippen LogP contribution in [-0.4, -0.2) is 33.7 Å². The van der Waals surface area contributed by atoms with Crippen molar-refractivity contribution in [1.82, 2.24) is 15.6 Å². The molecule has 1 heterocycles. The Kier molecular flexibility index (Phi) is 4.81. The molecule has 3 rings (SSSR count). The largest absolute Gasteiger partial charge is 0.433 e. The molecule has 2 aliphatic rings. The van der Waals surface area contributed by atoms with E-state index >= 15 is 0 Å². The van der Waals surface area contributed by atoms with Crippen molar-refractivity contribution >= 4 is 10.0 Å². The third-order valence-corrected chi connectivity index (χ3v) is 5.88. The number of fused-ring (bicyclic) bond motifs is 1. The van der Waals surface area contributed by atoms with Crippen molar-refractivity contribution in [3.8, 4) is 5.75 Å². The molecular weight excluding hydrogens is 328 g/mol. The Bertz CT molecular complexity index is 656. The number of ether oxygens (including phenoxy) is 1. The SMILES string of the molecule is O=S(=O)(NC1CCCC2NNCC21)c1ccccc1OC(F)F. The highest BCUT2D eigenvalue weighted by Crippen LogP contribution is 2.30. The summed E-state index contributed by atoms with van der Waals surface area (Å²) in [6.45, 7) is -2.40. The molecular formula is C14H19F2N3O3S. The average molecular weight is 347 g/mol. The van der Waals surface area contributed by atoms with E-state index in [9.17, 15) is 17.2 Å². The first kappa shape index (κ1) is 16.6. The standard InChI is InChI=1S/C14H19F2N3O3S/c15-14(16)22-12-6-1-2-7-13(12)23(20,21)19-11-5-3-4-10-9(11)8-17-18-10/h1-2,6-7,9-11,14,17-19H,3-5,8H2. The quantitative estimate of drug-likeness (QED) is 0.746. The summed E-state index contributed by atoms with van der Waals surface area (Å²) in [5, 5.41) is 0. The molecule has 0 bridgehead atoms. The van der Waals surface area contributed by atoms with Gasteiger partial charge in [-0.05, 0) is 25.0 Å². The number of benzene rings is 1. The van der Waals surface area contributed by atoms with Crippen molar-refractivity contribution in [2.24, 2.45) is 5.92 Å². The van der Waals surface area contributed by atoms with Crippen molar-refractivity contribution in [3.05, 3.63) is 24.3 Å². The van der Waals surface area contributed by atoms with Gasteiger partial charge in [-0.1, -0.05) is 18.6 Å². The maximum absolute atomic E-state index is 12.6. The summed E-state index contributed by atoms with van der Waals surface area (Å²) in [5.74, 6) is -0.202. The Morgan fingerprint density at radius 1 is 1.26 bits per heavy atom. The van der Waals surface area contributed by atoms with E-state index in [4.69, 9.17) is 0 Å². The number of halogens is 2. The second-order valence-electron chi connectivity index (χ2n) is 5.78. The minimum Gasteiger partial charge on any atom is -0.433 e. The first-order chi connectivity index (χ1) is 11.0. The monoisotopic (exact) mass is 347 g/mol. The molecule has 1 aliphatic carbocycles. The lowest BCUT2D eigenvalue weighted by molar-refractivity contribution is -0.0517. The van der Waals surface area contributed by atoms with Crippen LogP contribution in [-0.2, 0) is 10.0 Å². The minimum absolute atomic E-state index is 0.140. The molecule has 3 atom stereocenters. The van der Waals surface area contributed by atoms with E-state index in [1.54, 1.807) is 0 Å². The van der Waals surface area contributed by atoms with Crippen molar-refractivity contribution in [2.75, 3.05) is 6.54 Å². The summed E-state index contributed by atoms with van der Waals surface area (Å²) in [5.41, 5.74) is 6.19. The zero-order valence-corrected chi connectivity index (χ0v) is 13.2. The highest BCUT2D eigenvalue weighted by molar-refractivity contribution is 7.89. The molecule has 0 aromatic heterocycles. The third kappa shape index (κ3) is 3.63. The van der Waals surface area contributed by atoms with Gasteiger partial charge in [0.1, 0.15) is 10.6 Å². The summed E-state index contributed by atoms with van der Waals surface area (Å²) < 4.78 is 57.2. The molecule has 6 nitrogen and oxygen atoms in total. The number of rotatable bonds is 5. The molecule has 0 spiro atoms. The Morgan fingerprint density at radius 3 is 2.83 bits per heavy atom. The van der Waals surface area contributed by atoms with Gasteiger partial charge in [0.25, 0.3) is 0 Å². The number of alkyl halides is 2. The molecule has 128 valence electrons. The van der Waals surface area contributed by atoms with Crippen LogP contribution < -0.4 is 20.3 Å². The second kappa shape index (κ2) is 6.68. The highest BCUT2D eigenvalue weighted by atomic mass is 32.2. The van der Waals surface area contributed by atoms with Crippen LogP contribution >= 0.6 is 0 Å². The van der Waals surface area contributed by atoms with Gasteiger partial charge in [-0.2, -0.15) is 8.78 Å². The molecule has 1 aromatic rings. The first-order valence-electron chi connectivity index (χ1n) is 7.52. The molecule has 0 amide bonds. The Hall–Kier alpha value is -1.29. The molecule has 1 aliphatic heterocycles. The normalized spacial score (nSPS) is 27.9. The zero-order chi connectivity index (χ0) is 16.4. The van der Waals surface area contributed by atoms with Gasteiger partial charge in [0.2, 0.25) is 10.0 Å². The van der Waals surface area contributed by atoms with E-state index in [0.29, 0.717) is 6.54 Å². The van der Waals surface area contributed by atoms with Crippen molar-refractivity contribution < 1.29 is 21.9 Å². The molecule has 0 radical (unpaired) electrons. The lowest BCUT2D eigenvalue weighted by Gasteiger charge is -2.33. The number of hydrazine groups is 1. The lowest BCUT2D eigenvalue weighted by Crippen LogP contribution is -2.48. The van der Waals surface area contributed by atoms with E-state index in [1.807, 2.05) is 0 Å². The third-order valence-electron chi connectivity index (χ3n) is 4.35. The predicted molar refractivity (Wildman–Crippen MR) is 79.5 cm³/mol. The number of sulfonamides is 1. The van der Waals surface area contributed by atoms with Crippen molar-refractivity contribution in [2.45, 2.75) is 42.9 Å². The maximum Gasteiger partial charge on any atom is 0.387 e. The topological polar surface area (TPSA) is 79.5 Å². The van der Waals surface area contributed by atoms with Crippen LogP contribution in [0.3, 0.4) is 0 Å². The predicted octanol–water partition coefficient (Wildman–Crippen LogP) is 1.21. The molecule has 1 saturated carbocycles. The van der Waals surface area contributed by atoms with Gasteiger partial charge in [-0.25, -0.2) is 13.1 Å². The smallest absolute Gasteiger partial charge is 0.387 e. The Balaban J connectivity index is 1.82. The lowest BCUT2D eigenvalue weighted by atomic mass is 9.82. The fourth-order valence-corrected chi connectivity index (χ4v) is 4.77. The van der Waals surface area contributed by atoms with E-state index in [-0.39, 0.29) is 28.6 Å². The van der Waals surface area contributed by atoms with Crippen LogP contribution in [0.1, 0.15) is 19.3 Å². The number of hydrogen-bond acceptors (Lipinski definition) is 5. The molecule has 3 unspecified atom stereocenters. The highest BCUT2D eigenvalue weighted by Gasteiger charge is 2.39. The van der Waals surface area contributed by atoms with Crippen molar-refractivity contribution in [1.29, 1.82) is 0 Å². The molecule has 2 fully saturated rings. The molecule has 1 aromatic carbocycles. The van der Waals surface area contributed by atoms with Gasteiger partial charge in [0, 0.05) is 24.5 Å². The molecule has 3 N–H and O–H groups in total. The Morgan fingerprint density at radius 2 is 2.04 bits per heavy atom. The number of para-hydroxylation sites is 1. The van der Waals surface area contributed by atoms with Gasteiger partial charge in [0.15, 0.2) is 0 Å². The van der Waals surface area contributed by atoms with Gasteiger partial charge in [-0.3, -0.25) is 10.9 Å². The summed E-state index contributed by atoms with van der Waals surface area (Å²) in [7, 11) is -3.94. The van der Waals surface area contributed by atoms with E-state index < -0.39 is 16.6 Å². The van der Waals surface area contributed by atoms with Gasteiger partial charge in [0.05, 0.1) is 0 Å². The second-order valence-corrected chi connectivity index (χ2v) is 7.46. The van der Waals surface area contributed by atoms with Crippen molar-refractivity contribution in [3.63, 3.8) is 0 Å². The van der Waals surface area contributed by atoms with Crippen LogP contribution in [0.2, 0.25) is 0 Å². The van der Waals surface area contributed by atoms with Crippen LogP contribution in [0.25, 0.3) is 0 Å². The van der Waals surface area contributed by atoms with Crippen LogP contribution in [0.15, 0.2) is 29.2 Å². The molecule has 1 saturated heterocycles. The van der Waals surface area contributed by atoms with Crippen LogP contribution in [0.5, 0.6) is 5.75 Å². The van der Waals surface area contributed by atoms with E-state index in [2.05, 4.69) is 20.3 Å². The maximum atomic E-state index is 12.6. The number of nitrogens with one attached hydrogen (secondary N) is 3. The van der Waals surface area contributed by atoms with Crippen LogP contribution in [0.4, 0.5) is 8.78 Å². The summed E-state index contributed by atoms with van der Waals surface area (Å²) >= 11 is 0. The van der Waals surface area contributed by atoms with E-state index in [0.717, 1.165) is 19.3 Å². The summed E-state index contributed by atoms with van der Waals surface area (Å²) in [6, 6.07) is 5.42. The van der Waals surface area contributed by atoms with Gasteiger partial charge < -0.3 is 4.74 Å². The molecule has 9 heteroatoms. The van der Waals surface area contributed by atoms with E-state index in [1.165, 1.54) is 24.3 Å². The number of hydrogen-bond donors (Lipinski definition) is 3. The van der Waals surface area contributed by atoms with Crippen LogP contribution in [0, 0.1) is 5.92 Å². The van der Waals surface area contributed by atoms with Gasteiger partial charge in [-0.15, -0.1) is 0 Å². The zero-order valence-electron chi connectivity index (χ0n) is 12.3. The Labute approximate surface area is 133 Å². The molecule has 23 heavy (non-hydrogen) atoms. The fraction of sp³-hybridized carbons (Fsp3) is 0.571. The first-order valence-corrected chi connectivity index (χ1v) is 9.00. The minimum atomic E-state index is -3.94. The summed E-state index contributed by atoms with van der Waals surface area (Å²) in [6.07, 6.45) is 2.61. The average Bonchev–Trinajstić information content (AvgIpc) is 2.96. The van der Waals surface area contributed by atoms with Gasteiger partial charge >= 0.3 is 6.61 Å². The fourth-order valence-electron chi connectivity index (χ4n) is 3.31. The summed E-state index contributed by atoms with van der Waals surface area (Å²) in [4.78, 5) is -0.263.